The summed E-state index contributed by atoms with van der Waals surface area (Å²) in [7, 11) is 1.69. The molecule has 4 fully saturated rings. The summed E-state index contributed by atoms with van der Waals surface area (Å²) in [6.45, 7) is 0.555. The van der Waals surface area contributed by atoms with Crippen molar-refractivity contribution >= 4 is 69.5 Å². The highest BCUT2D eigenvalue weighted by atomic mass is 35.5. The predicted molar refractivity (Wildman–Crippen MR) is 242 cm³/mol. The van der Waals surface area contributed by atoms with Crippen molar-refractivity contribution in [3.8, 4) is 0 Å². The predicted octanol–water partition coefficient (Wildman–Crippen LogP) is 6.62. The van der Waals surface area contributed by atoms with E-state index in [0.717, 1.165) is 56.0 Å². The molecule has 64 heavy (non-hydrogen) atoms. The molecule has 5 amide bonds. The van der Waals surface area contributed by atoms with Crippen LogP contribution in [0, 0.1) is 11.7 Å². The smallest absolute Gasteiger partial charge is 0.329 e. The van der Waals surface area contributed by atoms with Gasteiger partial charge in [0.15, 0.2) is 0 Å². The molecule has 4 atom stereocenters. The molecule has 16 heteroatoms. The van der Waals surface area contributed by atoms with Gasteiger partial charge in [0.1, 0.15) is 17.3 Å². The summed E-state index contributed by atoms with van der Waals surface area (Å²) in [6.07, 6.45) is 10.3. The van der Waals surface area contributed by atoms with E-state index in [1.807, 2.05) is 24.3 Å². The van der Waals surface area contributed by atoms with E-state index in [4.69, 9.17) is 23.2 Å². The summed E-state index contributed by atoms with van der Waals surface area (Å²) in [5.41, 5.74) is 1.53. The fourth-order valence-corrected chi connectivity index (χ4v) is 12.1. The molecule has 2 aliphatic carbocycles. The standard InChI is InChI=1S/C48H54Cl2FN7O6/c1-57-37-25-27(12-19-35(37)58(46(57)64)36-20-21-38(59)55-43(36)61)9-4-2-7-24-52-42(60)28-13-16-30(17-14-28)53-44(62)41-39(31-10-8-11-33(50)40(31)51)48(47(56-41)22-5-3-6-23-47)32-18-15-29(49)26-34(32)54-45(48)63/h8,10-12,15,18-19,25-26,28,30,36,39,41,56H,2-7,9,13-14,16-17,20-24H2,1H3,(H,52,60)(H,53,62)(H,54,63)(H,55,59,61)/t28?,30?,36?,39-,41?,48+/m0/s1. The molecular weight excluding hydrogens is 860 g/mol. The Morgan fingerprint density at radius 2 is 1.64 bits per heavy atom. The lowest BCUT2D eigenvalue weighted by Crippen LogP contribution is -2.60. The molecule has 5 aliphatic rings. The highest BCUT2D eigenvalue weighted by Gasteiger charge is 2.72. The van der Waals surface area contributed by atoms with Crippen LogP contribution in [0.3, 0.4) is 0 Å². The number of aromatic nitrogens is 2. The van der Waals surface area contributed by atoms with Gasteiger partial charge in [-0.05, 0) is 111 Å². The van der Waals surface area contributed by atoms with Crippen molar-refractivity contribution < 1.29 is 28.4 Å². The number of carbonyl (C=O) groups excluding carboxylic acids is 5. The van der Waals surface area contributed by atoms with Gasteiger partial charge in [0.05, 0.1) is 22.1 Å². The molecule has 338 valence electrons. The lowest BCUT2D eigenvalue weighted by molar-refractivity contribution is -0.136. The van der Waals surface area contributed by atoms with Crippen molar-refractivity contribution in [1.82, 2.24) is 30.4 Å². The summed E-state index contributed by atoms with van der Waals surface area (Å²) in [6, 6.07) is 14.1. The number of fused-ring (bicyclic) bond motifs is 4. The highest BCUT2D eigenvalue weighted by molar-refractivity contribution is 6.31. The molecule has 4 aromatic rings. The third kappa shape index (κ3) is 7.62. The van der Waals surface area contributed by atoms with E-state index in [-0.39, 0.29) is 64.7 Å². The third-order valence-electron chi connectivity index (χ3n) is 14.9. The van der Waals surface area contributed by atoms with Crippen molar-refractivity contribution in [2.45, 2.75) is 131 Å². The molecular formula is C48H54Cl2FN7O6. The van der Waals surface area contributed by atoms with Crippen molar-refractivity contribution in [2.75, 3.05) is 11.9 Å². The van der Waals surface area contributed by atoms with Crippen LogP contribution < -0.4 is 32.3 Å². The number of rotatable bonds is 11. The Bertz CT molecular complexity index is 2600. The van der Waals surface area contributed by atoms with Crippen LogP contribution in [0.2, 0.25) is 10.0 Å². The number of imide groups is 1. The van der Waals surface area contributed by atoms with Gasteiger partial charge in [-0.25, -0.2) is 9.18 Å². The van der Waals surface area contributed by atoms with Crippen molar-refractivity contribution in [1.29, 1.82) is 0 Å². The number of nitrogens with one attached hydrogen (secondary N) is 5. The van der Waals surface area contributed by atoms with Crippen LogP contribution in [0.15, 0.2) is 59.4 Å². The monoisotopic (exact) mass is 913 g/mol. The Hall–Kier alpha value is -5.05. The molecule has 4 heterocycles. The lowest BCUT2D eigenvalue weighted by Gasteiger charge is -2.47. The Morgan fingerprint density at radius 1 is 0.859 bits per heavy atom. The summed E-state index contributed by atoms with van der Waals surface area (Å²) < 4.78 is 19.3. The van der Waals surface area contributed by atoms with Crippen molar-refractivity contribution in [3.63, 3.8) is 0 Å². The SMILES string of the molecule is Cn1c(=O)n(C2CCC(=O)NC2=O)c2ccc(CCCCCNC(=O)C3CCC(NC(=O)C4NC5(CCCCC5)[C@@]5(C(=O)Nc6cc(Cl)ccc65)[C@H]4c4cccc(Cl)c4F)CC3)cc21. The Morgan fingerprint density at radius 3 is 2.41 bits per heavy atom. The molecule has 9 rings (SSSR count). The summed E-state index contributed by atoms with van der Waals surface area (Å²) in [4.78, 5) is 79.9. The number of aryl methyl sites for hydroxylation is 2. The van der Waals surface area contributed by atoms with Gasteiger partial charge >= 0.3 is 5.69 Å². The van der Waals surface area contributed by atoms with Gasteiger partial charge in [-0.3, -0.25) is 43.7 Å². The van der Waals surface area contributed by atoms with Gasteiger partial charge in [-0.15, -0.1) is 0 Å². The van der Waals surface area contributed by atoms with E-state index in [1.165, 1.54) is 10.6 Å². The third-order valence-corrected chi connectivity index (χ3v) is 15.4. The average molecular weight is 915 g/mol. The zero-order chi connectivity index (χ0) is 44.9. The second-order valence-corrected chi connectivity index (χ2v) is 19.3. The second-order valence-electron chi connectivity index (χ2n) is 18.5. The minimum atomic E-state index is -1.31. The number of nitrogens with zero attached hydrogens (tertiary/aromatic N) is 2. The van der Waals surface area contributed by atoms with Gasteiger partial charge in [0, 0.05) is 54.1 Å². The summed E-state index contributed by atoms with van der Waals surface area (Å²) in [5.74, 6) is -3.08. The maximum atomic E-state index is 16.3. The molecule has 13 nitrogen and oxygen atoms in total. The molecule has 2 saturated heterocycles. The van der Waals surface area contributed by atoms with E-state index in [9.17, 15) is 28.8 Å². The molecule has 2 saturated carbocycles. The topological polar surface area (TPSA) is 172 Å². The molecule has 0 bridgehead atoms. The Labute approximate surface area is 380 Å². The first-order chi connectivity index (χ1) is 30.8. The molecule has 5 N–H and O–H groups in total. The van der Waals surface area contributed by atoms with Crippen LogP contribution in [0.5, 0.6) is 0 Å². The van der Waals surface area contributed by atoms with Crippen LogP contribution in [0.25, 0.3) is 11.0 Å². The van der Waals surface area contributed by atoms with E-state index >= 15 is 4.39 Å². The number of unbranched alkanes of at least 4 members (excludes halogenated alkanes) is 2. The zero-order valence-electron chi connectivity index (χ0n) is 35.9. The van der Waals surface area contributed by atoms with Gasteiger partial charge in [-0.2, -0.15) is 0 Å². The number of hydrogen-bond acceptors (Lipinski definition) is 7. The first-order valence-corrected chi connectivity index (χ1v) is 23.5. The van der Waals surface area contributed by atoms with Crippen LogP contribution >= 0.6 is 23.2 Å². The molecule has 0 radical (unpaired) electrons. The maximum absolute atomic E-state index is 16.3. The van der Waals surface area contributed by atoms with E-state index < -0.39 is 40.7 Å². The normalized spacial score (nSPS) is 26.2. The molecule has 3 aromatic carbocycles. The average Bonchev–Trinajstić information content (AvgIpc) is 3.83. The number of carbonyl (C=O) groups is 5. The fraction of sp³-hybridized carbons (Fsp3) is 0.500. The highest BCUT2D eigenvalue weighted by Crippen LogP contribution is 2.63. The van der Waals surface area contributed by atoms with Gasteiger partial charge < -0.3 is 16.0 Å². The molecule has 2 spiro atoms. The van der Waals surface area contributed by atoms with E-state index in [1.54, 1.807) is 35.9 Å². The molecule has 3 aliphatic heterocycles. The molecule has 1 aromatic heterocycles. The Kier molecular flexibility index (Phi) is 12.2. The van der Waals surface area contributed by atoms with Crippen molar-refractivity contribution in [3.05, 3.63) is 97.6 Å². The van der Waals surface area contributed by atoms with Crippen LogP contribution in [-0.2, 0) is 42.9 Å². The quantitative estimate of drug-likeness (QED) is 0.0832. The van der Waals surface area contributed by atoms with Crippen molar-refractivity contribution in [2.24, 2.45) is 13.0 Å². The fourth-order valence-electron chi connectivity index (χ4n) is 11.8. The summed E-state index contributed by atoms with van der Waals surface area (Å²) >= 11 is 12.8. The van der Waals surface area contributed by atoms with Gasteiger partial charge in [0.25, 0.3) is 0 Å². The minimum Gasteiger partial charge on any atom is -0.356 e. The molecule has 2 unspecified atom stereocenters. The van der Waals surface area contributed by atoms with Gasteiger partial charge in [0.2, 0.25) is 29.5 Å². The first kappa shape index (κ1) is 44.2. The second kappa shape index (κ2) is 17.7. The number of halogens is 3. The van der Waals surface area contributed by atoms with Gasteiger partial charge in [-0.1, -0.05) is 73.2 Å². The lowest BCUT2D eigenvalue weighted by atomic mass is 9.55. The number of piperidine rings is 1. The van der Waals surface area contributed by atoms with Crippen LogP contribution in [-0.4, -0.2) is 62.8 Å². The largest absolute Gasteiger partial charge is 0.356 e. The number of amides is 5. The van der Waals surface area contributed by atoms with E-state index in [2.05, 4.69) is 26.6 Å². The van der Waals surface area contributed by atoms with E-state index in [0.29, 0.717) is 66.9 Å². The number of benzene rings is 3. The maximum Gasteiger partial charge on any atom is 0.329 e. The van der Waals surface area contributed by atoms with Crippen LogP contribution in [0.4, 0.5) is 10.1 Å². The first-order valence-electron chi connectivity index (χ1n) is 22.8. The number of anilines is 1. The summed E-state index contributed by atoms with van der Waals surface area (Å²) in [5, 5.41) is 15.9. The number of imidazole rings is 1. The minimum absolute atomic E-state index is 0.0119. The zero-order valence-corrected chi connectivity index (χ0v) is 37.4. The van der Waals surface area contributed by atoms with Crippen LogP contribution in [0.1, 0.15) is 119 Å². The number of hydrogen-bond donors (Lipinski definition) is 5. The Balaban J connectivity index is 0.797.